The Morgan fingerprint density at radius 2 is 1.61 bits per heavy atom. The zero-order valence-electron chi connectivity index (χ0n) is 29.4. The van der Waals surface area contributed by atoms with Crippen molar-refractivity contribution < 1.29 is 13.9 Å². The molecule has 1 aromatic heterocycles. The van der Waals surface area contributed by atoms with Gasteiger partial charge in [-0.3, -0.25) is 9.79 Å². The molecule has 0 radical (unpaired) electrons. The van der Waals surface area contributed by atoms with Gasteiger partial charge in [0.1, 0.15) is 23.1 Å². The highest BCUT2D eigenvalue weighted by Gasteiger charge is 2.24. The van der Waals surface area contributed by atoms with Crippen molar-refractivity contribution in [1.82, 2.24) is 14.5 Å². The first-order valence-electron chi connectivity index (χ1n) is 16.9. The van der Waals surface area contributed by atoms with Crippen LogP contribution in [0.15, 0.2) is 108 Å². The number of guanidine groups is 1. The lowest BCUT2D eigenvalue weighted by atomic mass is 10.1. The number of nitrogens with zero attached hydrogens (tertiary/aromatic N) is 5. The van der Waals surface area contributed by atoms with Crippen LogP contribution in [0, 0.1) is 5.82 Å². The molecular formula is C39H46ClFN8O2. The van der Waals surface area contributed by atoms with Crippen molar-refractivity contribution in [3.8, 4) is 22.9 Å². The van der Waals surface area contributed by atoms with E-state index in [1.54, 1.807) is 24.3 Å². The highest BCUT2D eigenvalue weighted by molar-refractivity contribution is 6.30. The number of fused-ring (bicyclic) bond motifs is 1. The predicted molar refractivity (Wildman–Crippen MR) is 207 cm³/mol. The van der Waals surface area contributed by atoms with Crippen LogP contribution in [0.4, 0.5) is 10.1 Å². The van der Waals surface area contributed by atoms with Gasteiger partial charge in [0.05, 0.1) is 17.6 Å². The van der Waals surface area contributed by atoms with Crippen molar-refractivity contribution >= 4 is 40.2 Å². The average Bonchev–Trinajstić information content (AvgIpc) is 3.50. The Morgan fingerprint density at radius 3 is 2.22 bits per heavy atom. The molecule has 4 aromatic carbocycles. The number of halogens is 2. The number of allylic oxidation sites excluding steroid dienone is 1. The number of aliphatic imine (C=N–C) groups is 1. The molecule has 0 unspecified atom stereocenters. The van der Waals surface area contributed by atoms with Crippen molar-refractivity contribution in [2.45, 2.75) is 33.7 Å². The number of ether oxygens (including phenoxy) is 1. The molecule has 0 bridgehead atoms. The second-order valence-electron chi connectivity index (χ2n) is 11.5. The molecule has 0 saturated carbocycles. The number of rotatable bonds is 9. The molecule has 1 aliphatic rings. The third-order valence-electron chi connectivity index (χ3n) is 7.77. The number of amides is 1. The van der Waals surface area contributed by atoms with E-state index in [4.69, 9.17) is 38.5 Å². The number of hydrogen-bond acceptors (Lipinski definition) is 6. The van der Waals surface area contributed by atoms with Crippen molar-refractivity contribution in [2.75, 3.05) is 37.6 Å². The van der Waals surface area contributed by atoms with Crippen LogP contribution in [0.5, 0.6) is 11.5 Å². The molecule has 0 spiro atoms. The molecule has 1 saturated heterocycles. The number of imidazole rings is 1. The molecule has 2 heterocycles. The summed E-state index contributed by atoms with van der Waals surface area (Å²) in [4.78, 5) is 26.1. The summed E-state index contributed by atoms with van der Waals surface area (Å²) in [5.41, 5.74) is 20.4. The summed E-state index contributed by atoms with van der Waals surface area (Å²) in [6, 6.07) is 26.8. The Labute approximate surface area is 304 Å². The Kier molecular flexibility index (Phi) is 13.8. The van der Waals surface area contributed by atoms with Gasteiger partial charge in [0.2, 0.25) is 0 Å². The minimum atomic E-state index is -0.261. The lowest BCUT2D eigenvalue weighted by molar-refractivity contribution is 0.0747. The van der Waals surface area contributed by atoms with Gasteiger partial charge in [-0.1, -0.05) is 51.1 Å². The maximum atomic E-state index is 13.5. The van der Waals surface area contributed by atoms with E-state index in [1.807, 2.05) is 84.8 Å². The van der Waals surface area contributed by atoms with Crippen molar-refractivity contribution in [2.24, 2.45) is 22.2 Å². The molecule has 268 valence electrons. The highest BCUT2D eigenvalue weighted by Crippen LogP contribution is 2.31. The third-order valence-corrected chi connectivity index (χ3v) is 8.03. The Morgan fingerprint density at radius 1 is 0.922 bits per heavy atom. The van der Waals surface area contributed by atoms with Gasteiger partial charge in [-0.2, -0.15) is 0 Å². The first kappa shape index (κ1) is 38.3. The largest absolute Gasteiger partial charge is 0.457 e. The molecule has 6 N–H and O–H groups in total. The number of carbonyl (C=O) groups is 1. The molecule has 10 nitrogen and oxygen atoms in total. The summed E-state index contributed by atoms with van der Waals surface area (Å²) >= 11 is 6.01. The van der Waals surface area contributed by atoms with Crippen molar-refractivity contribution in [3.05, 3.63) is 120 Å². The molecule has 5 aromatic rings. The summed E-state index contributed by atoms with van der Waals surface area (Å²) < 4.78 is 21.4. The van der Waals surface area contributed by atoms with E-state index < -0.39 is 0 Å². The molecular weight excluding hydrogens is 667 g/mol. The van der Waals surface area contributed by atoms with E-state index in [0.29, 0.717) is 71.8 Å². The van der Waals surface area contributed by atoms with Gasteiger partial charge in [0.15, 0.2) is 5.96 Å². The van der Waals surface area contributed by atoms with Crippen molar-refractivity contribution in [3.63, 3.8) is 0 Å². The Hall–Kier alpha value is -5.55. The molecule has 0 atom stereocenters. The van der Waals surface area contributed by atoms with Crippen LogP contribution in [0.3, 0.4) is 0 Å². The minimum absolute atomic E-state index is 0.0478. The Balaban J connectivity index is 0.000000581. The number of aromatic nitrogens is 2. The van der Waals surface area contributed by atoms with Gasteiger partial charge in [-0.25, -0.2) is 9.37 Å². The smallest absolute Gasteiger partial charge is 0.254 e. The molecule has 1 aliphatic heterocycles. The van der Waals surface area contributed by atoms with E-state index in [9.17, 15) is 9.18 Å². The SMILES string of the molecule is C=C(N)Cn1c(-c2cccc(Oc3ccc(Cl)cc3)c2)nc2cc(C(=O)N3CCN(c4ccc(F)cc4)CC3)ccc21.CC.CCCN=C(N)N. The van der Waals surface area contributed by atoms with E-state index in [1.165, 1.54) is 12.1 Å². The number of hydrogen-bond donors (Lipinski definition) is 3. The zero-order chi connectivity index (χ0) is 36.9. The quantitative estimate of drug-likeness (QED) is 0.107. The fourth-order valence-corrected chi connectivity index (χ4v) is 5.55. The molecule has 1 fully saturated rings. The number of carbonyl (C=O) groups excluding carboxylic acids is 1. The van der Waals surface area contributed by atoms with Gasteiger partial charge in [-0.05, 0) is 85.3 Å². The normalized spacial score (nSPS) is 12.3. The van der Waals surface area contributed by atoms with Gasteiger partial charge in [0.25, 0.3) is 5.91 Å². The monoisotopic (exact) mass is 712 g/mol. The maximum Gasteiger partial charge on any atom is 0.254 e. The Bertz CT molecular complexity index is 1930. The van der Waals surface area contributed by atoms with Crippen molar-refractivity contribution in [1.29, 1.82) is 0 Å². The van der Waals surface area contributed by atoms with Crippen LogP contribution in [0.1, 0.15) is 37.6 Å². The topological polar surface area (TPSA) is 141 Å². The molecule has 51 heavy (non-hydrogen) atoms. The first-order chi connectivity index (χ1) is 24.6. The van der Waals surface area contributed by atoms with E-state index >= 15 is 0 Å². The fraction of sp³-hybridized carbons (Fsp3) is 0.256. The first-order valence-corrected chi connectivity index (χ1v) is 17.3. The summed E-state index contributed by atoms with van der Waals surface area (Å²) in [5.74, 6) is 1.88. The van der Waals surface area contributed by atoms with Gasteiger partial charge in [0, 0.05) is 60.3 Å². The van der Waals surface area contributed by atoms with E-state index in [0.717, 1.165) is 29.7 Å². The summed E-state index contributed by atoms with van der Waals surface area (Å²) in [5, 5.41) is 0.636. The molecule has 6 rings (SSSR count). The second kappa shape index (κ2) is 18.4. The second-order valence-corrected chi connectivity index (χ2v) is 12.0. The number of benzene rings is 4. The van der Waals surface area contributed by atoms with Crippen LogP contribution < -0.4 is 26.8 Å². The summed E-state index contributed by atoms with van der Waals surface area (Å²) in [6.07, 6.45) is 0.998. The fourth-order valence-electron chi connectivity index (χ4n) is 5.43. The van der Waals surface area contributed by atoms with Crippen LogP contribution in [0.25, 0.3) is 22.4 Å². The number of anilines is 1. The minimum Gasteiger partial charge on any atom is -0.457 e. The molecule has 12 heteroatoms. The van der Waals surface area contributed by atoms with Gasteiger partial charge >= 0.3 is 0 Å². The highest BCUT2D eigenvalue weighted by atomic mass is 35.5. The summed E-state index contributed by atoms with van der Waals surface area (Å²) in [7, 11) is 0. The predicted octanol–water partition coefficient (Wildman–Crippen LogP) is 7.42. The molecule has 0 aliphatic carbocycles. The molecule has 1 amide bonds. The average molecular weight is 713 g/mol. The lowest BCUT2D eigenvalue weighted by Crippen LogP contribution is -2.48. The standard InChI is InChI=1S/C33H29ClFN5O2.C4H11N3.C2H6/c1-22(36)21-40-31-14-5-24(33(41)39-17-15-38(16-18-39)27-10-8-26(35)9-11-27)20-30(31)37-32(40)23-3-2-4-29(19-23)42-28-12-6-25(34)7-13-28;1-2-3-7-4(5)6;1-2/h2-14,19-20H,1,15-18,21,36H2;2-3H2,1H3,(H4,5,6,7);1-2H3. The van der Waals surface area contributed by atoms with E-state index in [2.05, 4.69) is 16.5 Å². The number of piperazine rings is 1. The lowest BCUT2D eigenvalue weighted by Gasteiger charge is -2.36. The van der Waals surface area contributed by atoms with Crippen LogP contribution in [-0.4, -0.2) is 59.0 Å². The zero-order valence-corrected chi connectivity index (χ0v) is 30.1. The van der Waals surface area contributed by atoms with Crippen LogP contribution in [-0.2, 0) is 6.54 Å². The summed E-state index contributed by atoms with van der Waals surface area (Å²) in [6.45, 7) is 13.5. The number of nitrogens with two attached hydrogens (primary N) is 3. The van der Waals surface area contributed by atoms with Gasteiger partial charge in [-0.15, -0.1) is 0 Å². The third kappa shape index (κ3) is 10.5. The van der Waals surface area contributed by atoms with Crippen LogP contribution in [0.2, 0.25) is 5.02 Å². The van der Waals surface area contributed by atoms with E-state index in [-0.39, 0.29) is 17.7 Å². The maximum absolute atomic E-state index is 13.5. The van der Waals surface area contributed by atoms with Gasteiger partial charge < -0.3 is 36.3 Å². The van der Waals surface area contributed by atoms with Crippen LogP contribution >= 0.6 is 11.6 Å².